The van der Waals surface area contributed by atoms with Crippen molar-refractivity contribution >= 4 is 12.4 Å². The van der Waals surface area contributed by atoms with Gasteiger partial charge in [-0.05, 0) is 19.4 Å². The monoisotopic (exact) mass is 209 g/mol. The molecule has 0 aromatic heterocycles. The molecule has 0 atom stereocenters. The third-order valence-electron chi connectivity index (χ3n) is 2.50. The molecule has 2 nitrogen and oxygen atoms in total. The Balaban J connectivity index is 2.42. The van der Waals surface area contributed by atoms with Gasteiger partial charge in [-0.25, -0.2) is 0 Å². The first-order valence-electron chi connectivity index (χ1n) is 5.21. The molecule has 2 rings (SSSR count). The second-order valence-electron chi connectivity index (χ2n) is 3.69. The summed E-state index contributed by atoms with van der Waals surface area (Å²) in [6.07, 6.45) is 3.44. The van der Waals surface area contributed by atoms with E-state index >= 15 is 0 Å². The summed E-state index contributed by atoms with van der Waals surface area (Å²) in [7, 11) is 0. The molecule has 1 aliphatic rings. The molecular formula is C14H13N2. The summed E-state index contributed by atoms with van der Waals surface area (Å²) in [6, 6.07) is 10.1. The van der Waals surface area contributed by atoms with E-state index in [0.717, 1.165) is 11.5 Å². The van der Waals surface area contributed by atoms with Crippen molar-refractivity contribution in [2.45, 2.75) is 19.5 Å². The van der Waals surface area contributed by atoms with E-state index in [1.54, 1.807) is 12.4 Å². The summed E-state index contributed by atoms with van der Waals surface area (Å²) >= 11 is 0. The highest BCUT2D eigenvalue weighted by molar-refractivity contribution is 6.18. The quantitative estimate of drug-likeness (QED) is 0.669. The van der Waals surface area contributed by atoms with Crippen LogP contribution in [-0.4, -0.2) is 18.1 Å². The van der Waals surface area contributed by atoms with E-state index in [4.69, 9.17) is 0 Å². The first-order valence-corrected chi connectivity index (χ1v) is 5.21. The Morgan fingerprint density at radius 3 is 2.31 bits per heavy atom. The lowest BCUT2D eigenvalue weighted by Gasteiger charge is -2.24. The Labute approximate surface area is 96.1 Å². The molecule has 0 saturated carbocycles. The maximum absolute atomic E-state index is 4.38. The van der Waals surface area contributed by atoms with Gasteiger partial charge in [0.25, 0.3) is 0 Å². The van der Waals surface area contributed by atoms with Gasteiger partial charge in [0.1, 0.15) is 5.92 Å². The highest BCUT2D eigenvalue weighted by Gasteiger charge is 2.35. The van der Waals surface area contributed by atoms with E-state index in [1.165, 1.54) is 0 Å². The van der Waals surface area contributed by atoms with Crippen molar-refractivity contribution in [2.75, 3.05) is 0 Å². The van der Waals surface area contributed by atoms with E-state index in [-0.39, 0.29) is 0 Å². The number of hydrogen-bond acceptors (Lipinski definition) is 2. The maximum atomic E-state index is 4.38. The lowest BCUT2D eigenvalue weighted by molar-refractivity contribution is 0.570. The SMILES string of the molecule is CC#C[C](c1ccccc1)C1(C)N=CC=N1. The molecular weight excluding hydrogens is 196 g/mol. The van der Waals surface area contributed by atoms with Crippen LogP contribution in [0.5, 0.6) is 0 Å². The smallest absolute Gasteiger partial charge is 0.169 e. The lowest BCUT2D eigenvalue weighted by atomic mass is 9.88. The summed E-state index contributed by atoms with van der Waals surface area (Å²) in [5.74, 6) is 7.00. The van der Waals surface area contributed by atoms with Gasteiger partial charge in [-0.1, -0.05) is 36.3 Å². The number of hydrogen-bond donors (Lipinski definition) is 0. The summed E-state index contributed by atoms with van der Waals surface area (Å²) in [6.45, 7) is 3.80. The summed E-state index contributed by atoms with van der Waals surface area (Å²) in [5, 5.41) is 0. The fraction of sp³-hybridized carbons (Fsp3) is 0.214. The van der Waals surface area contributed by atoms with Crippen molar-refractivity contribution in [3.8, 4) is 11.8 Å². The van der Waals surface area contributed by atoms with Gasteiger partial charge in [-0.3, -0.25) is 9.98 Å². The van der Waals surface area contributed by atoms with Crippen molar-refractivity contribution < 1.29 is 0 Å². The van der Waals surface area contributed by atoms with Crippen molar-refractivity contribution in [1.82, 2.24) is 0 Å². The van der Waals surface area contributed by atoms with Gasteiger partial charge in [0.15, 0.2) is 5.66 Å². The molecule has 0 unspecified atom stereocenters. The molecule has 79 valence electrons. The molecule has 2 heteroatoms. The van der Waals surface area contributed by atoms with Gasteiger partial charge in [0.05, 0.1) is 0 Å². The zero-order valence-electron chi connectivity index (χ0n) is 9.44. The van der Waals surface area contributed by atoms with E-state index in [2.05, 4.69) is 21.8 Å². The molecule has 0 aliphatic carbocycles. The van der Waals surface area contributed by atoms with Crippen LogP contribution < -0.4 is 0 Å². The summed E-state index contributed by atoms with van der Waals surface area (Å²) in [5.41, 5.74) is 0.528. The second kappa shape index (κ2) is 4.32. The van der Waals surface area contributed by atoms with E-state index < -0.39 is 5.66 Å². The van der Waals surface area contributed by atoms with Crippen LogP contribution in [0.4, 0.5) is 0 Å². The molecule has 1 aliphatic heterocycles. The minimum atomic E-state index is -0.551. The first-order chi connectivity index (χ1) is 7.76. The summed E-state index contributed by atoms with van der Waals surface area (Å²) in [4.78, 5) is 8.75. The van der Waals surface area contributed by atoms with Crippen LogP contribution in [-0.2, 0) is 0 Å². The van der Waals surface area contributed by atoms with Crippen LogP contribution in [0.25, 0.3) is 0 Å². The number of rotatable bonds is 2. The lowest BCUT2D eigenvalue weighted by Crippen LogP contribution is -2.26. The molecule has 1 radical (unpaired) electrons. The van der Waals surface area contributed by atoms with Crippen LogP contribution in [0, 0.1) is 17.8 Å². The third kappa shape index (κ3) is 1.90. The Bertz CT molecular complexity index is 462. The normalized spacial score (nSPS) is 16.2. The average Bonchev–Trinajstić information content (AvgIpc) is 2.75. The van der Waals surface area contributed by atoms with Gasteiger partial charge in [0, 0.05) is 12.4 Å². The van der Waals surface area contributed by atoms with Gasteiger partial charge in [-0.2, -0.15) is 0 Å². The predicted molar refractivity (Wildman–Crippen MR) is 67.6 cm³/mol. The van der Waals surface area contributed by atoms with Gasteiger partial charge in [-0.15, -0.1) is 5.92 Å². The third-order valence-corrected chi connectivity index (χ3v) is 2.50. The molecule has 0 amide bonds. The van der Waals surface area contributed by atoms with Crippen LogP contribution >= 0.6 is 0 Å². The maximum Gasteiger partial charge on any atom is 0.169 e. The van der Waals surface area contributed by atoms with E-state index in [9.17, 15) is 0 Å². The number of nitrogens with zero attached hydrogens (tertiary/aromatic N) is 2. The minimum absolute atomic E-state index is 0.551. The molecule has 1 aromatic carbocycles. The highest BCUT2D eigenvalue weighted by Crippen LogP contribution is 2.32. The van der Waals surface area contributed by atoms with Crippen molar-refractivity contribution in [3.63, 3.8) is 0 Å². The fourth-order valence-electron chi connectivity index (χ4n) is 1.71. The minimum Gasteiger partial charge on any atom is -0.260 e. The number of aliphatic imine (C=N–C) groups is 2. The van der Waals surface area contributed by atoms with Crippen LogP contribution in [0.3, 0.4) is 0 Å². The first kappa shape index (κ1) is 10.6. The fourth-order valence-corrected chi connectivity index (χ4v) is 1.71. The van der Waals surface area contributed by atoms with Crippen molar-refractivity contribution in [3.05, 3.63) is 41.8 Å². The van der Waals surface area contributed by atoms with Gasteiger partial charge >= 0.3 is 0 Å². The Morgan fingerprint density at radius 1 is 1.12 bits per heavy atom. The molecule has 0 saturated heterocycles. The Morgan fingerprint density at radius 2 is 1.75 bits per heavy atom. The second-order valence-corrected chi connectivity index (χ2v) is 3.69. The Hall–Kier alpha value is -1.88. The highest BCUT2D eigenvalue weighted by atomic mass is 15.1. The number of benzene rings is 1. The van der Waals surface area contributed by atoms with Crippen LogP contribution in [0.1, 0.15) is 19.4 Å². The molecule has 16 heavy (non-hydrogen) atoms. The molecule has 1 heterocycles. The zero-order valence-corrected chi connectivity index (χ0v) is 9.44. The largest absolute Gasteiger partial charge is 0.260 e. The molecule has 1 aromatic rings. The Kier molecular flexibility index (Phi) is 2.87. The van der Waals surface area contributed by atoms with Crippen LogP contribution in [0.2, 0.25) is 0 Å². The predicted octanol–water partition coefficient (Wildman–Crippen LogP) is 2.50. The van der Waals surface area contributed by atoms with Crippen molar-refractivity contribution in [2.24, 2.45) is 9.98 Å². The summed E-state index contributed by atoms with van der Waals surface area (Å²) < 4.78 is 0. The topological polar surface area (TPSA) is 24.7 Å². The van der Waals surface area contributed by atoms with Crippen molar-refractivity contribution in [1.29, 1.82) is 0 Å². The molecule has 0 spiro atoms. The van der Waals surface area contributed by atoms with Gasteiger partial charge in [0.2, 0.25) is 0 Å². The van der Waals surface area contributed by atoms with Gasteiger partial charge < -0.3 is 0 Å². The molecule has 0 fully saturated rings. The standard InChI is InChI=1S/C14H13N2/c1-3-7-13(12-8-5-4-6-9-12)14(2)15-10-11-16-14/h4-6,8-11H,1-2H3. The average molecular weight is 209 g/mol. The zero-order chi connectivity index (χ0) is 11.4. The van der Waals surface area contributed by atoms with E-state index in [1.807, 2.05) is 44.2 Å². The van der Waals surface area contributed by atoms with E-state index in [0.29, 0.717) is 0 Å². The molecule has 0 bridgehead atoms. The van der Waals surface area contributed by atoms with Crippen LogP contribution in [0.15, 0.2) is 40.3 Å². The molecule has 0 N–H and O–H groups in total.